The van der Waals surface area contributed by atoms with Crippen LogP contribution in [0.3, 0.4) is 0 Å². The summed E-state index contributed by atoms with van der Waals surface area (Å²) in [6.45, 7) is 6.02. The van der Waals surface area contributed by atoms with Gasteiger partial charge in [-0.1, -0.05) is 13.8 Å². The summed E-state index contributed by atoms with van der Waals surface area (Å²) in [7, 11) is -5.16. The number of sulfonamides is 2. The standard InChI is InChI=1S/C14H29N3O5S2/c1-6-24(21,22)16(4)12-7-9-17(10-8-12)14(18)13(11(2)3)15-23(5,19)20/h11-13,15H,6-10H2,1-5H3. The van der Waals surface area contributed by atoms with Crippen molar-refractivity contribution in [1.29, 1.82) is 0 Å². The first-order valence-corrected chi connectivity index (χ1v) is 11.6. The molecule has 24 heavy (non-hydrogen) atoms. The zero-order chi connectivity index (χ0) is 18.7. The highest BCUT2D eigenvalue weighted by Crippen LogP contribution is 2.20. The first-order valence-electron chi connectivity index (χ1n) is 8.10. The molecule has 0 spiro atoms. The minimum atomic E-state index is -3.48. The van der Waals surface area contributed by atoms with Gasteiger partial charge in [-0.15, -0.1) is 0 Å². The summed E-state index contributed by atoms with van der Waals surface area (Å²) in [4.78, 5) is 14.2. The molecule has 10 heteroatoms. The summed E-state index contributed by atoms with van der Waals surface area (Å²) < 4.78 is 50.6. The molecule has 142 valence electrons. The fourth-order valence-electron chi connectivity index (χ4n) is 2.78. The van der Waals surface area contributed by atoms with Gasteiger partial charge in [-0.25, -0.2) is 25.9 Å². The van der Waals surface area contributed by atoms with E-state index in [1.165, 1.54) is 4.31 Å². The van der Waals surface area contributed by atoms with Crippen molar-refractivity contribution < 1.29 is 21.6 Å². The van der Waals surface area contributed by atoms with Gasteiger partial charge in [-0.05, 0) is 25.7 Å². The van der Waals surface area contributed by atoms with Crippen LogP contribution in [0.4, 0.5) is 0 Å². The number of nitrogens with zero attached hydrogens (tertiary/aromatic N) is 2. The van der Waals surface area contributed by atoms with Gasteiger partial charge in [-0.2, -0.15) is 0 Å². The molecule has 1 atom stereocenters. The average molecular weight is 384 g/mol. The highest BCUT2D eigenvalue weighted by atomic mass is 32.2. The molecule has 0 aromatic heterocycles. The number of hydrogen-bond donors (Lipinski definition) is 1. The molecule has 0 aromatic rings. The van der Waals surface area contributed by atoms with Crippen LogP contribution in [-0.4, -0.2) is 76.2 Å². The van der Waals surface area contributed by atoms with Crippen LogP contribution in [0.5, 0.6) is 0 Å². The monoisotopic (exact) mass is 383 g/mol. The first-order chi connectivity index (χ1) is 10.9. The fraction of sp³-hybridized carbons (Fsp3) is 0.929. The molecule has 0 saturated carbocycles. The van der Waals surface area contributed by atoms with Gasteiger partial charge in [0.05, 0.1) is 12.0 Å². The van der Waals surface area contributed by atoms with Crippen LogP contribution < -0.4 is 4.72 Å². The Balaban J connectivity index is 2.74. The van der Waals surface area contributed by atoms with Gasteiger partial charge in [0.1, 0.15) is 6.04 Å². The topological polar surface area (TPSA) is 104 Å². The van der Waals surface area contributed by atoms with Crippen molar-refractivity contribution in [2.45, 2.75) is 45.7 Å². The lowest BCUT2D eigenvalue weighted by molar-refractivity contribution is -0.135. The lowest BCUT2D eigenvalue weighted by Gasteiger charge is -2.38. The van der Waals surface area contributed by atoms with Crippen LogP contribution in [0.2, 0.25) is 0 Å². The van der Waals surface area contributed by atoms with Crippen LogP contribution >= 0.6 is 0 Å². The van der Waals surface area contributed by atoms with Crippen molar-refractivity contribution in [2.75, 3.05) is 32.1 Å². The normalized spacial score (nSPS) is 19.0. The van der Waals surface area contributed by atoms with Crippen molar-refractivity contribution in [1.82, 2.24) is 13.9 Å². The van der Waals surface area contributed by atoms with Crippen LogP contribution in [-0.2, 0) is 24.8 Å². The minimum Gasteiger partial charge on any atom is -0.341 e. The van der Waals surface area contributed by atoms with Gasteiger partial charge in [0.2, 0.25) is 26.0 Å². The molecule has 1 aliphatic rings. The second kappa shape index (κ2) is 8.11. The Bertz CT molecular complexity index is 637. The van der Waals surface area contributed by atoms with Crippen LogP contribution in [0, 0.1) is 5.92 Å². The Hall–Kier alpha value is -0.710. The van der Waals surface area contributed by atoms with Crippen LogP contribution in [0.15, 0.2) is 0 Å². The Kier molecular flexibility index (Phi) is 7.21. The third-order valence-corrected chi connectivity index (χ3v) is 6.96. The number of amides is 1. The Morgan fingerprint density at radius 1 is 1.21 bits per heavy atom. The number of carbonyl (C=O) groups excluding carboxylic acids is 1. The molecule has 1 fully saturated rings. The van der Waals surface area contributed by atoms with Gasteiger partial charge >= 0.3 is 0 Å². The van der Waals surface area contributed by atoms with E-state index in [4.69, 9.17) is 0 Å². The Morgan fingerprint density at radius 3 is 2.08 bits per heavy atom. The maximum Gasteiger partial charge on any atom is 0.241 e. The molecule has 1 unspecified atom stereocenters. The maximum absolute atomic E-state index is 12.6. The van der Waals surface area contributed by atoms with Gasteiger partial charge in [-0.3, -0.25) is 4.79 Å². The molecule has 1 saturated heterocycles. The second-order valence-electron chi connectivity index (χ2n) is 6.58. The van der Waals surface area contributed by atoms with E-state index in [-0.39, 0.29) is 23.6 Å². The van der Waals surface area contributed by atoms with E-state index in [2.05, 4.69) is 4.72 Å². The second-order valence-corrected chi connectivity index (χ2v) is 10.7. The zero-order valence-electron chi connectivity index (χ0n) is 15.0. The summed E-state index contributed by atoms with van der Waals surface area (Å²) in [5.74, 6) is -0.376. The fourth-order valence-corrected chi connectivity index (χ4v) is 4.69. The zero-order valence-corrected chi connectivity index (χ0v) is 16.7. The van der Waals surface area contributed by atoms with E-state index in [1.807, 2.05) is 0 Å². The molecule has 0 aromatic carbocycles. The van der Waals surface area contributed by atoms with E-state index in [0.29, 0.717) is 25.9 Å². The van der Waals surface area contributed by atoms with Crippen molar-refractivity contribution in [3.63, 3.8) is 0 Å². The van der Waals surface area contributed by atoms with Crippen LogP contribution in [0.1, 0.15) is 33.6 Å². The smallest absolute Gasteiger partial charge is 0.241 e. The summed E-state index contributed by atoms with van der Waals surface area (Å²) in [5.41, 5.74) is 0. The van der Waals surface area contributed by atoms with Crippen molar-refractivity contribution in [3.8, 4) is 0 Å². The quantitative estimate of drug-likeness (QED) is 0.657. The lowest BCUT2D eigenvalue weighted by Crippen LogP contribution is -2.54. The largest absolute Gasteiger partial charge is 0.341 e. The van der Waals surface area contributed by atoms with Gasteiger partial charge in [0.25, 0.3) is 0 Å². The number of nitrogens with one attached hydrogen (secondary N) is 1. The number of carbonyl (C=O) groups is 1. The molecule has 0 radical (unpaired) electrons. The van der Waals surface area contributed by atoms with Gasteiger partial charge in [0, 0.05) is 26.2 Å². The molecule has 0 bridgehead atoms. The summed E-state index contributed by atoms with van der Waals surface area (Å²) in [6.07, 6.45) is 2.13. The van der Waals surface area contributed by atoms with E-state index >= 15 is 0 Å². The molecule has 1 amide bonds. The number of rotatable bonds is 7. The molecule has 1 rings (SSSR count). The lowest BCUT2D eigenvalue weighted by atomic mass is 10.0. The van der Waals surface area contributed by atoms with E-state index in [0.717, 1.165) is 6.26 Å². The van der Waals surface area contributed by atoms with Gasteiger partial charge in [0.15, 0.2) is 0 Å². The first kappa shape index (κ1) is 21.3. The van der Waals surface area contributed by atoms with Crippen molar-refractivity contribution in [2.24, 2.45) is 5.92 Å². The van der Waals surface area contributed by atoms with Crippen molar-refractivity contribution >= 4 is 26.0 Å². The molecule has 1 N–H and O–H groups in total. The van der Waals surface area contributed by atoms with E-state index in [1.54, 1.807) is 32.7 Å². The molecule has 1 aliphatic heterocycles. The number of hydrogen-bond acceptors (Lipinski definition) is 5. The van der Waals surface area contributed by atoms with Crippen molar-refractivity contribution in [3.05, 3.63) is 0 Å². The Morgan fingerprint density at radius 2 is 1.71 bits per heavy atom. The van der Waals surface area contributed by atoms with Gasteiger partial charge < -0.3 is 4.90 Å². The Labute approximate surface area is 145 Å². The van der Waals surface area contributed by atoms with E-state index in [9.17, 15) is 21.6 Å². The SMILES string of the molecule is CCS(=O)(=O)N(C)C1CCN(C(=O)C(NS(C)(=O)=O)C(C)C)CC1. The predicted octanol–water partition coefficient (Wildman–Crippen LogP) is -0.167. The highest BCUT2D eigenvalue weighted by Gasteiger charge is 2.34. The average Bonchev–Trinajstić information content (AvgIpc) is 2.50. The predicted molar refractivity (Wildman–Crippen MR) is 93.4 cm³/mol. The molecule has 8 nitrogen and oxygen atoms in total. The maximum atomic E-state index is 12.6. The molecule has 0 aliphatic carbocycles. The highest BCUT2D eigenvalue weighted by molar-refractivity contribution is 7.89. The van der Waals surface area contributed by atoms with Crippen LogP contribution in [0.25, 0.3) is 0 Å². The summed E-state index contributed by atoms with van der Waals surface area (Å²) in [5, 5.41) is 0. The number of piperidine rings is 1. The third-order valence-electron chi connectivity index (χ3n) is 4.37. The summed E-state index contributed by atoms with van der Waals surface area (Å²) in [6, 6.07) is -0.923. The molecule has 1 heterocycles. The number of likely N-dealkylation sites (tertiary alicyclic amines) is 1. The summed E-state index contributed by atoms with van der Waals surface area (Å²) >= 11 is 0. The minimum absolute atomic E-state index is 0.0519. The molecular weight excluding hydrogens is 354 g/mol. The van der Waals surface area contributed by atoms with E-state index < -0.39 is 26.1 Å². The molecular formula is C14H29N3O5S2. The third kappa shape index (κ3) is 5.68.